The summed E-state index contributed by atoms with van der Waals surface area (Å²) in [7, 11) is 1.30. The number of rotatable bonds is 8. The van der Waals surface area contributed by atoms with Crippen LogP contribution in [0.25, 0.3) is 0 Å². The predicted octanol–water partition coefficient (Wildman–Crippen LogP) is 4.02. The van der Waals surface area contributed by atoms with E-state index in [9.17, 15) is 20.0 Å². The van der Waals surface area contributed by atoms with Gasteiger partial charge in [0.25, 0.3) is 5.69 Å². The number of nitro benzene ring substituents is 1. The molecular formula is C19H20N2O6. The fraction of sp³-hybridized carbons (Fsp3) is 0.263. The maximum Gasteiger partial charge on any atom is 0.338 e. The van der Waals surface area contributed by atoms with Gasteiger partial charge in [-0.25, -0.2) is 4.79 Å². The Kier molecular flexibility index (Phi) is 6.87. The van der Waals surface area contributed by atoms with Gasteiger partial charge in [0.1, 0.15) is 0 Å². The zero-order valence-electron chi connectivity index (χ0n) is 15.0. The van der Waals surface area contributed by atoms with Gasteiger partial charge in [0.05, 0.1) is 36.0 Å². The van der Waals surface area contributed by atoms with Crippen LogP contribution in [0, 0.1) is 10.1 Å². The van der Waals surface area contributed by atoms with E-state index in [4.69, 9.17) is 9.47 Å². The van der Waals surface area contributed by atoms with E-state index < -0.39 is 10.9 Å². The topological polar surface area (TPSA) is 111 Å². The summed E-state index contributed by atoms with van der Waals surface area (Å²) in [6, 6.07) is 8.70. The first-order valence-electron chi connectivity index (χ1n) is 8.33. The van der Waals surface area contributed by atoms with Crippen molar-refractivity contribution in [2.75, 3.05) is 13.7 Å². The Bertz CT molecular complexity index is 846. The number of nitrogens with zero attached hydrogens (tertiary/aromatic N) is 2. The normalized spacial score (nSPS) is 10.7. The highest BCUT2D eigenvalue weighted by molar-refractivity contribution is 5.90. The van der Waals surface area contributed by atoms with Gasteiger partial charge in [-0.3, -0.25) is 15.1 Å². The molecule has 0 saturated heterocycles. The lowest BCUT2D eigenvalue weighted by Gasteiger charge is -2.06. The molecule has 0 spiro atoms. The lowest BCUT2D eigenvalue weighted by molar-refractivity contribution is -0.385. The highest BCUT2D eigenvalue weighted by atomic mass is 16.6. The summed E-state index contributed by atoms with van der Waals surface area (Å²) in [5.74, 6) is -0.668. The Hall–Kier alpha value is -3.42. The quantitative estimate of drug-likeness (QED) is 0.246. The molecule has 0 aromatic heterocycles. The Balaban J connectivity index is 2.17. The molecule has 0 amide bonds. The van der Waals surface area contributed by atoms with Crippen LogP contribution in [0.4, 0.5) is 11.4 Å². The number of esters is 1. The minimum atomic E-state index is -0.585. The predicted molar refractivity (Wildman–Crippen MR) is 100 cm³/mol. The van der Waals surface area contributed by atoms with Crippen molar-refractivity contribution in [3.63, 3.8) is 0 Å². The van der Waals surface area contributed by atoms with Crippen LogP contribution in [0.5, 0.6) is 11.5 Å². The average molecular weight is 372 g/mol. The zero-order valence-corrected chi connectivity index (χ0v) is 15.0. The molecule has 1 N–H and O–H groups in total. The summed E-state index contributed by atoms with van der Waals surface area (Å²) < 4.78 is 10.1. The average Bonchev–Trinajstić information content (AvgIpc) is 2.67. The summed E-state index contributed by atoms with van der Waals surface area (Å²) in [5, 5.41) is 21.1. The van der Waals surface area contributed by atoms with Gasteiger partial charge in [0, 0.05) is 17.8 Å². The summed E-state index contributed by atoms with van der Waals surface area (Å²) in [4.78, 5) is 26.4. The molecule has 0 fully saturated rings. The second-order valence-electron chi connectivity index (χ2n) is 5.64. The zero-order chi connectivity index (χ0) is 19.8. The number of ether oxygens (including phenoxy) is 2. The molecule has 0 atom stereocenters. The van der Waals surface area contributed by atoms with Crippen molar-refractivity contribution >= 4 is 23.6 Å². The van der Waals surface area contributed by atoms with Gasteiger partial charge in [0.2, 0.25) is 0 Å². The first-order valence-corrected chi connectivity index (χ1v) is 8.33. The Morgan fingerprint density at radius 1 is 1.30 bits per heavy atom. The number of hydrogen-bond donors (Lipinski definition) is 1. The van der Waals surface area contributed by atoms with E-state index in [1.165, 1.54) is 19.4 Å². The molecule has 0 bridgehead atoms. The SMILES string of the molecule is CCCCOC(=O)c1ccc(N=Cc2cc([N+](=O)[O-])cc(OC)c2O)cc1. The third kappa shape index (κ3) is 5.27. The van der Waals surface area contributed by atoms with Crippen molar-refractivity contribution in [1.29, 1.82) is 0 Å². The van der Waals surface area contributed by atoms with Crippen molar-refractivity contribution in [1.82, 2.24) is 0 Å². The van der Waals surface area contributed by atoms with Crippen LogP contribution in [0.15, 0.2) is 41.4 Å². The van der Waals surface area contributed by atoms with Crippen LogP contribution < -0.4 is 4.74 Å². The first kappa shape index (κ1) is 19.9. The van der Waals surface area contributed by atoms with E-state index in [2.05, 4.69) is 4.99 Å². The molecular weight excluding hydrogens is 352 g/mol. The lowest BCUT2D eigenvalue weighted by Crippen LogP contribution is -2.05. The Labute approximate surface area is 156 Å². The van der Waals surface area contributed by atoms with Crippen LogP contribution in [0.3, 0.4) is 0 Å². The van der Waals surface area contributed by atoms with E-state index in [0.29, 0.717) is 17.9 Å². The number of nitro groups is 1. The minimum absolute atomic E-state index is 0.0178. The first-order chi connectivity index (χ1) is 13.0. The third-order valence-electron chi connectivity index (χ3n) is 3.71. The molecule has 2 aromatic carbocycles. The van der Waals surface area contributed by atoms with Crippen molar-refractivity contribution in [2.24, 2.45) is 4.99 Å². The summed E-state index contributed by atoms with van der Waals surface area (Å²) in [5.41, 5.74) is 0.829. The molecule has 2 rings (SSSR count). The van der Waals surface area contributed by atoms with Crippen molar-refractivity contribution < 1.29 is 24.3 Å². The summed E-state index contributed by atoms with van der Waals surface area (Å²) in [6.07, 6.45) is 3.04. The number of aliphatic imine (C=N–C) groups is 1. The fourth-order valence-electron chi connectivity index (χ4n) is 2.19. The van der Waals surface area contributed by atoms with Gasteiger partial charge in [-0.05, 0) is 30.7 Å². The number of hydrogen-bond acceptors (Lipinski definition) is 7. The molecule has 0 aliphatic carbocycles. The Morgan fingerprint density at radius 2 is 2.00 bits per heavy atom. The van der Waals surface area contributed by atoms with Gasteiger partial charge >= 0.3 is 5.97 Å². The molecule has 0 radical (unpaired) electrons. The van der Waals surface area contributed by atoms with Gasteiger partial charge < -0.3 is 14.6 Å². The number of phenolic OH excluding ortho intramolecular Hbond substituents is 1. The molecule has 0 saturated carbocycles. The highest BCUT2D eigenvalue weighted by Crippen LogP contribution is 2.33. The number of phenols is 1. The molecule has 0 aliphatic rings. The second-order valence-corrected chi connectivity index (χ2v) is 5.64. The van der Waals surface area contributed by atoms with Crippen LogP contribution in [-0.4, -0.2) is 35.9 Å². The molecule has 27 heavy (non-hydrogen) atoms. The second kappa shape index (κ2) is 9.33. The van der Waals surface area contributed by atoms with Gasteiger partial charge in [-0.2, -0.15) is 0 Å². The number of methoxy groups -OCH3 is 1. The van der Waals surface area contributed by atoms with Gasteiger partial charge in [-0.1, -0.05) is 13.3 Å². The number of unbranched alkanes of at least 4 members (excludes halogenated alkanes) is 1. The van der Waals surface area contributed by atoms with E-state index in [1.807, 2.05) is 6.92 Å². The maximum atomic E-state index is 11.9. The van der Waals surface area contributed by atoms with Crippen LogP contribution in [-0.2, 0) is 4.74 Å². The summed E-state index contributed by atoms with van der Waals surface area (Å²) in [6.45, 7) is 2.39. The number of aromatic hydroxyl groups is 1. The molecule has 0 heterocycles. The standard InChI is InChI=1S/C19H20N2O6/c1-3-4-9-27-19(23)13-5-7-15(8-6-13)20-12-14-10-16(21(24)25)11-17(26-2)18(14)22/h5-8,10-12,22H,3-4,9H2,1-2H3. The third-order valence-corrected chi connectivity index (χ3v) is 3.71. The monoisotopic (exact) mass is 372 g/mol. The van der Waals surface area contributed by atoms with E-state index in [1.54, 1.807) is 24.3 Å². The fourth-order valence-corrected chi connectivity index (χ4v) is 2.19. The van der Waals surface area contributed by atoms with Crippen molar-refractivity contribution in [3.05, 3.63) is 57.6 Å². The van der Waals surface area contributed by atoms with Crippen LogP contribution in [0.1, 0.15) is 35.7 Å². The number of non-ortho nitro benzene ring substituents is 1. The van der Waals surface area contributed by atoms with E-state index in [0.717, 1.165) is 18.9 Å². The minimum Gasteiger partial charge on any atom is -0.504 e. The van der Waals surface area contributed by atoms with Crippen molar-refractivity contribution in [2.45, 2.75) is 19.8 Å². The van der Waals surface area contributed by atoms with E-state index in [-0.39, 0.29) is 22.7 Å². The molecule has 2 aromatic rings. The summed E-state index contributed by atoms with van der Waals surface area (Å²) >= 11 is 0. The number of benzene rings is 2. The number of carbonyl (C=O) groups excluding carboxylic acids is 1. The van der Waals surface area contributed by atoms with Gasteiger partial charge in [-0.15, -0.1) is 0 Å². The lowest BCUT2D eigenvalue weighted by atomic mass is 10.1. The maximum absolute atomic E-state index is 11.9. The smallest absolute Gasteiger partial charge is 0.338 e. The van der Waals surface area contributed by atoms with Crippen LogP contribution in [0.2, 0.25) is 0 Å². The largest absolute Gasteiger partial charge is 0.504 e. The molecule has 142 valence electrons. The van der Waals surface area contributed by atoms with Crippen LogP contribution >= 0.6 is 0 Å². The van der Waals surface area contributed by atoms with E-state index >= 15 is 0 Å². The Morgan fingerprint density at radius 3 is 2.59 bits per heavy atom. The molecule has 0 unspecified atom stereocenters. The number of carbonyl (C=O) groups is 1. The molecule has 8 nitrogen and oxygen atoms in total. The highest BCUT2D eigenvalue weighted by Gasteiger charge is 2.15. The van der Waals surface area contributed by atoms with Crippen molar-refractivity contribution in [3.8, 4) is 11.5 Å². The molecule has 8 heteroatoms. The molecule has 0 aliphatic heterocycles. The van der Waals surface area contributed by atoms with Gasteiger partial charge in [0.15, 0.2) is 11.5 Å².